The van der Waals surface area contributed by atoms with Gasteiger partial charge in [-0.25, -0.2) is 9.78 Å². The predicted octanol–water partition coefficient (Wildman–Crippen LogP) is 3.40. The third kappa shape index (κ3) is 4.24. The molecule has 9 heteroatoms. The molecule has 1 saturated carbocycles. The molecule has 8 nitrogen and oxygen atoms in total. The fraction of sp³-hybridized carbons (Fsp3) is 0.478. The summed E-state index contributed by atoms with van der Waals surface area (Å²) in [4.78, 5) is 34.3. The van der Waals surface area contributed by atoms with Crippen molar-refractivity contribution in [1.82, 2.24) is 24.4 Å². The number of carbonyl (C=O) groups excluding carboxylic acids is 1. The number of nitrogens with zero attached hydrogens (tertiary/aromatic N) is 4. The lowest BCUT2D eigenvalue weighted by atomic mass is 9.85. The summed E-state index contributed by atoms with van der Waals surface area (Å²) in [6.07, 6.45) is 5.10. The van der Waals surface area contributed by atoms with E-state index in [0.717, 1.165) is 36.9 Å². The Bertz CT molecular complexity index is 1220. The second-order valence-electron chi connectivity index (χ2n) is 8.57. The predicted molar refractivity (Wildman–Crippen MR) is 123 cm³/mol. The minimum absolute atomic E-state index is 0.0873. The average molecular weight is 458 g/mol. The van der Waals surface area contributed by atoms with Gasteiger partial charge in [0.2, 0.25) is 0 Å². The van der Waals surface area contributed by atoms with Gasteiger partial charge in [-0.15, -0.1) is 0 Å². The van der Waals surface area contributed by atoms with Crippen LogP contribution in [0.1, 0.15) is 47.4 Å². The van der Waals surface area contributed by atoms with Crippen LogP contribution in [0.25, 0.3) is 11.2 Å². The van der Waals surface area contributed by atoms with Crippen molar-refractivity contribution < 1.29 is 9.53 Å². The lowest BCUT2D eigenvalue weighted by Gasteiger charge is -2.29. The smallest absolute Gasteiger partial charge is 0.330 e. The number of aryl methyl sites for hydroxylation is 3. The summed E-state index contributed by atoms with van der Waals surface area (Å²) in [6, 6.07) is 3.61. The minimum Gasteiger partial charge on any atom is -0.494 e. The average Bonchev–Trinajstić information content (AvgIpc) is 3.00. The molecular formula is C23H28ClN5O3. The molecule has 1 aliphatic carbocycles. The molecule has 1 amide bonds. The van der Waals surface area contributed by atoms with Crippen LogP contribution in [0.5, 0.6) is 5.75 Å². The molecule has 3 aromatic heterocycles. The fourth-order valence-electron chi connectivity index (χ4n) is 4.55. The first-order valence-corrected chi connectivity index (χ1v) is 11.2. The number of nitrogens with one attached hydrogen (secondary N) is 1. The van der Waals surface area contributed by atoms with E-state index in [1.165, 1.54) is 0 Å². The van der Waals surface area contributed by atoms with E-state index in [1.54, 1.807) is 42.5 Å². The Morgan fingerprint density at radius 2 is 1.97 bits per heavy atom. The molecule has 170 valence electrons. The molecule has 1 fully saturated rings. The molecule has 0 radical (unpaired) electrons. The van der Waals surface area contributed by atoms with E-state index < -0.39 is 0 Å². The van der Waals surface area contributed by atoms with Crippen molar-refractivity contribution in [3.8, 4) is 5.75 Å². The number of aromatic nitrogens is 4. The SMILES string of the molecule is COc1cc(C)nc2c1n(CC1CCC(NC(=O)c3cc(Cl)cnc3C)CC1)c(=O)n2C. The summed E-state index contributed by atoms with van der Waals surface area (Å²) in [6.45, 7) is 4.30. The number of methoxy groups -OCH3 is 1. The highest BCUT2D eigenvalue weighted by atomic mass is 35.5. The number of fused-ring (bicyclic) bond motifs is 1. The van der Waals surface area contributed by atoms with Crippen LogP contribution in [0, 0.1) is 19.8 Å². The number of imidazole rings is 1. The van der Waals surface area contributed by atoms with E-state index in [-0.39, 0.29) is 17.6 Å². The van der Waals surface area contributed by atoms with Crippen LogP contribution in [0.4, 0.5) is 0 Å². The first kappa shape index (κ1) is 22.3. The number of rotatable bonds is 5. The van der Waals surface area contributed by atoms with E-state index in [2.05, 4.69) is 15.3 Å². The van der Waals surface area contributed by atoms with Crippen LogP contribution >= 0.6 is 11.6 Å². The molecule has 3 heterocycles. The second-order valence-corrected chi connectivity index (χ2v) is 9.00. The summed E-state index contributed by atoms with van der Waals surface area (Å²) < 4.78 is 8.92. The maximum absolute atomic E-state index is 12.9. The van der Waals surface area contributed by atoms with Crippen LogP contribution in [0.3, 0.4) is 0 Å². The molecular weight excluding hydrogens is 430 g/mol. The zero-order chi connectivity index (χ0) is 23.0. The Morgan fingerprint density at radius 1 is 1.25 bits per heavy atom. The number of hydrogen-bond donors (Lipinski definition) is 1. The van der Waals surface area contributed by atoms with Crippen molar-refractivity contribution in [2.45, 2.75) is 52.1 Å². The Hall–Kier alpha value is -2.87. The van der Waals surface area contributed by atoms with Gasteiger partial charge in [-0.3, -0.25) is 18.9 Å². The van der Waals surface area contributed by atoms with Gasteiger partial charge in [-0.05, 0) is 51.5 Å². The number of halogens is 1. The van der Waals surface area contributed by atoms with Gasteiger partial charge < -0.3 is 10.1 Å². The quantitative estimate of drug-likeness (QED) is 0.634. The number of ether oxygens (including phenoxy) is 1. The maximum Gasteiger partial charge on any atom is 0.330 e. The van der Waals surface area contributed by atoms with Crippen LogP contribution in [-0.2, 0) is 13.6 Å². The van der Waals surface area contributed by atoms with Gasteiger partial charge in [0.25, 0.3) is 5.91 Å². The number of carbonyl (C=O) groups is 1. The van der Waals surface area contributed by atoms with Crippen LogP contribution < -0.4 is 15.7 Å². The topological polar surface area (TPSA) is 91.0 Å². The molecule has 4 rings (SSSR count). The van der Waals surface area contributed by atoms with Gasteiger partial charge in [-0.2, -0.15) is 0 Å². The van der Waals surface area contributed by atoms with Crippen LogP contribution in [0.2, 0.25) is 5.02 Å². The first-order chi connectivity index (χ1) is 15.3. The molecule has 0 saturated heterocycles. The molecule has 1 N–H and O–H groups in total. The lowest BCUT2D eigenvalue weighted by molar-refractivity contribution is 0.0919. The van der Waals surface area contributed by atoms with Gasteiger partial charge in [0.15, 0.2) is 5.65 Å². The lowest BCUT2D eigenvalue weighted by Crippen LogP contribution is -2.39. The molecule has 0 aromatic carbocycles. The van der Waals surface area contributed by atoms with Gasteiger partial charge >= 0.3 is 5.69 Å². The largest absolute Gasteiger partial charge is 0.494 e. The monoisotopic (exact) mass is 457 g/mol. The number of hydrogen-bond acceptors (Lipinski definition) is 5. The van der Waals surface area contributed by atoms with Gasteiger partial charge in [-0.1, -0.05) is 11.6 Å². The van der Waals surface area contributed by atoms with Crippen molar-refractivity contribution in [1.29, 1.82) is 0 Å². The molecule has 0 spiro atoms. The van der Waals surface area contributed by atoms with E-state index >= 15 is 0 Å². The molecule has 0 bridgehead atoms. The molecule has 3 aromatic rings. The first-order valence-electron chi connectivity index (χ1n) is 10.8. The van der Waals surface area contributed by atoms with Gasteiger partial charge in [0.05, 0.1) is 23.4 Å². The molecule has 0 atom stereocenters. The summed E-state index contributed by atoms with van der Waals surface area (Å²) in [5.41, 5.74) is 3.27. The summed E-state index contributed by atoms with van der Waals surface area (Å²) in [7, 11) is 3.35. The van der Waals surface area contributed by atoms with Crippen molar-refractivity contribution in [3.63, 3.8) is 0 Å². The van der Waals surface area contributed by atoms with Crippen molar-refractivity contribution >= 4 is 28.7 Å². The highest BCUT2D eigenvalue weighted by Gasteiger charge is 2.26. The molecule has 0 unspecified atom stereocenters. The third-order valence-corrected chi connectivity index (χ3v) is 6.52. The summed E-state index contributed by atoms with van der Waals surface area (Å²) in [5, 5.41) is 3.57. The van der Waals surface area contributed by atoms with Crippen molar-refractivity contribution in [3.05, 3.63) is 50.8 Å². The molecule has 1 aliphatic rings. The summed E-state index contributed by atoms with van der Waals surface area (Å²) >= 11 is 6.00. The van der Waals surface area contributed by atoms with Crippen molar-refractivity contribution in [2.75, 3.05) is 7.11 Å². The zero-order valence-corrected chi connectivity index (χ0v) is 19.6. The number of amides is 1. The Balaban J connectivity index is 1.45. The van der Waals surface area contributed by atoms with Gasteiger partial charge in [0.1, 0.15) is 11.3 Å². The van der Waals surface area contributed by atoms with Crippen molar-refractivity contribution in [2.24, 2.45) is 13.0 Å². The molecule has 32 heavy (non-hydrogen) atoms. The Kier molecular flexibility index (Phi) is 6.24. The van der Waals surface area contributed by atoms with Gasteiger partial charge in [0, 0.05) is 37.6 Å². The minimum atomic E-state index is -0.141. The van der Waals surface area contributed by atoms with E-state index in [1.807, 2.05) is 13.0 Å². The van der Waals surface area contributed by atoms with E-state index in [4.69, 9.17) is 16.3 Å². The van der Waals surface area contributed by atoms with E-state index in [0.29, 0.717) is 40.1 Å². The molecule has 0 aliphatic heterocycles. The third-order valence-electron chi connectivity index (χ3n) is 6.31. The Labute approximate surface area is 191 Å². The highest BCUT2D eigenvalue weighted by Crippen LogP contribution is 2.29. The normalized spacial score (nSPS) is 18.7. The van der Waals surface area contributed by atoms with Crippen LogP contribution in [-0.4, -0.2) is 38.2 Å². The standard InChI is InChI=1S/C23H28ClN5O3/c1-13-9-19(32-4)20-21(26-13)28(3)23(31)29(20)12-15-5-7-17(8-6-15)27-22(30)18-10-16(24)11-25-14(18)2/h9-11,15,17H,5-8,12H2,1-4H3,(H,27,30). The Morgan fingerprint density at radius 3 is 2.66 bits per heavy atom. The maximum atomic E-state index is 12.9. The zero-order valence-electron chi connectivity index (χ0n) is 18.8. The summed E-state index contributed by atoms with van der Waals surface area (Å²) in [5.74, 6) is 0.862. The highest BCUT2D eigenvalue weighted by molar-refractivity contribution is 6.30. The van der Waals surface area contributed by atoms with E-state index in [9.17, 15) is 9.59 Å². The fourth-order valence-corrected chi connectivity index (χ4v) is 4.71. The number of pyridine rings is 2. The van der Waals surface area contributed by atoms with Crippen LogP contribution in [0.15, 0.2) is 23.1 Å². The second kappa shape index (κ2) is 8.94.